The molecular formula is C17H21N3O4. The van der Waals surface area contributed by atoms with E-state index in [1.165, 1.54) is 18.8 Å². The van der Waals surface area contributed by atoms with Gasteiger partial charge in [-0.1, -0.05) is 0 Å². The van der Waals surface area contributed by atoms with Gasteiger partial charge >= 0.3 is 5.69 Å². The van der Waals surface area contributed by atoms with Gasteiger partial charge in [-0.3, -0.25) is 9.36 Å². The molecule has 2 aromatic rings. The lowest BCUT2D eigenvalue weighted by Gasteiger charge is -2.18. The molecule has 1 atom stereocenters. The first-order valence-electron chi connectivity index (χ1n) is 7.47. The number of aromatic nitrogens is 2. The molecule has 128 valence electrons. The molecule has 0 bridgehead atoms. The Morgan fingerprint density at radius 2 is 1.83 bits per heavy atom. The molecule has 0 radical (unpaired) electrons. The smallest absolute Gasteiger partial charge is 0.348 e. The Kier molecular flexibility index (Phi) is 5.23. The van der Waals surface area contributed by atoms with E-state index in [0.717, 1.165) is 0 Å². The van der Waals surface area contributed by atoms with E-state index in [0.29, 0.717) is 28.6 Å². The van der Waals surface area contributed by atoms with Gasteiger partial charge in [0.15, 0.2) is 11.5 Å². The predicted molar refractivity (Wildman–Crippen MR) is 90.9 cm³/mol. The normalized spacial score (nSPS) is 11.7. The lowest BCUT2D eigenvalue weighted by molar-refractivity contribution is -0.118. The highest BCUT2D eigenvalue weighted by Gasteiger charge is 2.19. The molecule has 7 nitrogen and oxygen atoms in total. The summed E-state index contributed by atoms with van der Waals surface area (Å²) in [4.78, 5) is 28.4. The number of aryl methyl sites for hydroxylation is 2. The maximum atomic E-state index is 12.5. The molecule has 7 heteroatoms. The molecule has 1 heterocycles. The highest BCUT2D eigenvalue weighted by molar-refractivity contribution is 5.93. The highest BCUT2D eigenvalue weighted by atomic mass is 16.5. The third-order valence-corrected chi connectivity index (χ3v) is 3.69. The molecular weight excluding hydrogens is 310 g/mol. The van der Waals surface area contributed by atoms with Crippen molar-refractivity contribution in [2.24, 2.45) is 0 Å². The van der Waals surface area contributed by atoms with Crippen molar-refractivity contribution in [3.8, 4) is 11.5 Å². The van der Waals surface area contributed by atoms with Crippen molar-refractivity contribution in [2.45, 2.75) is 26.8 Å². The monoisotopic (exact) mass is 331 g/mol. The number of hydrogen-bond acceptors (Lipinski definition) is 5. The van der Waals surface area contributed by atoms with Crippen molar-refractivity contribution in [1.82, 2.24) is 9.55 Å². The van der Waals surface area contributed by atoms with E-state index in [1.807, 2.05) is 0 Å². The van der Waals surface area contributed by atoms with Crippen LogP contribution in [-0.2, 0) is 4.79 Å². The predicted octanol–water partition coefficient (Wildman–Crippen LogP) is 2.08. The number of ether oxygens (including phenoxy) is 2. The van der Waals surface area contributed by atoms with Crippen LogP contribution in [0.2, 0.25) is 0 Å². The third kappa shape index (κ3) is 3.56. The molecule has 1 unspecified atom stereocenters. The first kappa shape index (κ1) is 17.5. The van der Waals surface area contributed by atoms with Crippen molar-refractivity contribution >= 4 is 11.6 Å². The van der Waals surface area contributed by atoms with Gasteiger partial charge in [-0.25, -0.2) is 4.79 Å². The summed E-state index contributed by atoms with van der Waals surface area (Å²) in [7, 11) is 3.06. The molecule has 1 aromatic carbocycles. The second-order valence-corrected chi connectivity index (χ2v) is 5.43. The number of rotatable bonds is 5. The standard InChI is InChI=1S/C17H21N3O4/c1-10-8-11(2)20(17(22)18-10)12(3)16(21)19-13-6-7-14(23-4)15(9-13)24-5/h6-9,12H,1-5H3,(H,19,21). The summed E-state index contributed by atoms with van der Waals surface area (Å²) in [6.07, 6.45) is 0. The number of hydrogen-bond donors (Lipinski definition) is 1. The number of anilines is 1. The van der Waals surface area contributed by atoms with Crippen LogP contribution in [0.25, 0.3) is 0 Å². The first-order chi connectivity index (χ1) is 11.4. The van der Waals surface area contributed by atoms with Crippen LogP contribution in [-0.4, -0.2) is 29.7 Å². The van der Waals surface area contributed by atoms with E-state index in [4.69, 9.17) is 9.47 Å². The topological polar surface area (TPSA) is 82.5 Å². The van der Waals surface area contributed by atoms with Gasteiger partial charge in [-0.15, -0.1) is 0 Å². The second-order valence-electron chi connectivity index (χ2n) is 5.43. The van der Waals surface area contributed by atoms with E-state index >= 15 is 0 Å². The minimum Gasteiger partial charge on any atom is -0.493 e. The fraction of sp³-hybridized carbons (Fsp3) is 0.353. The number of carbonyl (C=O) groups is 1. The molecule has 2 rings (SSSR count). The first-order valence-corrected chi connectivity index (χ1v) is 7.47. The van der Waals surface area contributed by atoms with Crippen molar-refractivity contribution < 1.29 is 14.3 Å². The van der Waals surface area contributed by atoms with Gasteiger partial charge in [0.1, 0.15) is 6.04 Å². The quantitative estimate of drug-likeness (QED) is 0.907. The third-order valence-electron chi connectivity index (χ3n) is 3.69. The molecule has 1 aromatic heterocycles. The largest absolute Gasteiger partial charge is 0.493 e. The van der Waals surface area contributed by atoms with E-state index in [-0.39, 0.29) is 5.91 Å². The van der Waals surface area contributed by atoms with Gasteiger partial charge in [0.05, 0.1) is 14.2 Å². The summed E-state index contributed by atoms with van der Waals surface area (Å²) in [6, 6.07) is 6.13. The SMILES string of the molecule is COc1ccc(NC(=O)C(C)n2c(C)cc(C)nc2=O)cc1OC. The van der Waals surface area contributed by atoms with Crippen molar-refractivity contribution in [3.63, 3.8) is 0 Å². The van der Waals surface area contributed by atoms with Gasteiger partial charge < -0.3 is 14.8 Å². The van der Waals surface area contributed by atoms with Crippen LogP contribution in [0.3, 0.4) is 0 Å². The number of nitrogens with zero attached hydrogens (tertiary/aromatic N) is 2. The molecule has 24 heavy (non-hydrogen) atoms. The number of nitrogens with one attached hydrogen (secondary N) is 1. The Morgan fingerprint density at radius 3 is 2.42 bits per heavy atom. The van der Waals surface area contributed by atoms with Gasteiger partial charge in [0, 0.05) is 23.1 Å². The van der Waals surface area contributed by atoms with E-state index in [9.17, 15) is 9.59 Å². The Balaban J connectivity index is 2.25. The van der Waals surface area contributed by atoms with Crippen LogP contribution in [0.1, 0.15) is 24.4 Å². The van der Waals surface area contributed by atoms with Crippen LogP contribution in [0.4, 0.5) is 5.69 Å². The zero-order chi connectivity index (χ0) is 17.9. The lowest BCUT2D eigenvalue weighted by Crippen LogP contribution is -2.34. The van der Waals surface area contributed by atoms with E-state index in [1.54, 1.807) is 45.0 Å². The summed E-state index contributed by atoms with van der Waals surface area (Å²) in [5.74, 6) is 0.754. The summed E-state index contributed by atoms with van der Waals surface area (Å²) in [5, 5.41) is 2.77. The molecule has 0 aliphatic carbocycles. The van der Waals surface area contributed by atoms with Crippen LogP contribution in [0, 0.1) is 13.8 Å². The Hall–Kier alpha value is -2.83. The molecule has 0 aliphatic heterocycles. The van der Waals surface area contributed by atoms with Gasteiger partial charge in [0.2, 0.25) is 5.91 Å². The minimum atomic E-state index is -0.696. The average Bonchev–Trinajstić information content (AvgIpc) is 2.53. The maximum Gasteiger partial charge on any atom is 0.348 e. The minimum absolute atomic E-state index is 0.321. The van der Waals surface area contributed by atoms with Crippen LogP contribution in [0.15, 0.2) is 29.1 Å². The fourth-order valence-electron chi connectivity index (χ4n) is 2.51. The molecule has 0 fully saturated rings. The summed E-state index contributed by atoms with van der Waals surface area (Å²) in [6.45, 7) is 5.17. The average molecular weight is 331 g/mol. The molecule has 1 amide bonds. The number of amides is 1. The van der Waals surface area contributed by atoms with Crippen molar-refractivity contribution in [2.75, 3.05) is 19.5 Å². The fourth-order valence-corrected chi connectivity index (χ4v) is 2.51. The van der Waals surface area contributed by atoms with Crippen LogP contribution < -0.4 is 20.5 Å². The Labute approximate surface area is 140 Å². The van der Waals surface area contributed by atoms with Crippen LogP contribution in [0.5, 0.6) is 11.5 Å². The molecule has 1 N–H and O–H groups in total. The molecule has 0 saturated heterocycles. The highest BCUT2D eigenvalue weighted by Crippen LogP contribution is 2.30. The summed E-state index contributed by atoms with van der Waals surface area (Å²) < 4.78 is 11.7. The number of benzene rings is 1. The summed E-state index contributed by atoms with van der Waals surface area (Å²) >= 11 is 0. The lowest BCUT2D eigenvalue weighted by atomic mass is 10.2. The number of carbonyl (C=O) groups excluding carboxylic acids is 1. The van der Waals surface area contributed by atoms with Crippen LogP contribution >= 0.6 is 0 Å². The number of methoxy groups -OCH3 is 2. The Morgan fingerprint density at radius 1 is 1.17 bits per heavy atom. The molecule has 0 spiro atoms. The van der Waals surface area contributed by atoms with E-state index < -0.39 is 11.7 Å². The van der Waals surface area contributed by atoms with Crippen molar-refractivity contribution in [3.05, 3.63) is 46.1 Å². The zero-order valence-electron chi connectivity index (χ0n) is 14.4. The van der Waals surface area contributed by atoms with Gasteiger partial charge in [-0.05, 0) is 39.0 Å². The maximum absolute atomic E-state index is 12.5. The van der Waals surface area contributed by atoms with Crippen molar-refractivity contribution in [1.29, 1.82) is 0 Å². The molecule has 0 aliphatic rings. The second kappa shape index (κ2) is 7.16. The molecule has 0 saturated carbocycles. The summed E-state index contributed by atoms with van der Waals surface area (Å²) in [5.41, 5.74) is 1.42. The van der Waals surface area contributed by atoms with Gasteiger partial charge in [-0.2, -0.15) is 4.98 Å². The van der Waals surface area contributed by atoms with E-state index in [2.05, 4.69) is 10.3 Å². The zero-order valence-corrected chi connectivity index (χ0v) is 14.4. The Bertz CT molecular complexity index is 814. The van der Waals surface area contributed by atoms with Gasteiger partial charge in [0.25, 0.3) is 0 Å².